The molecule has 3 nitrogen and oxygen atoms in total. The number of benzene rings is 1. The monoisotopic (exact) mass is 260 g/mol. The molecule has 1 aliphatic carbocycles. The Bertz CT molecular complexity index is 445. The van der Waals surface area contributed by atoms with Gasteiger partial charge in [0.2, 0.25) is 5.91 Å². The van der Waals surface area contributed by atoms with Crippen molar-refractivity contribution >= 4 is 11.6 Å². The van der Waals surface area contributed by atoms with Crippen molar-refractivity contribution in [1.29, 1.82) is 0 Å². The van der Waals surface area contributed by atoms with Gasteiger partial charge in [-0.2, -0.15) is 0 Å². The minimum atomic E-state index is 0.0808. The fourth-order valence-corrected chi connectivity index (χ4v) is 2.55. The lowest BCUT2D eigenvalue weighted by atomic mass is 9.87. The van der Waals surface area contributed by atoms with E-state index in [1.54, 1.807) is 0 Å². The van der Waals surface area contributed by atoms with Crippen LogP contribution < -0.4 is 11.1 Å². The van der Waals surface area contributed by atoms with Crippen LogP contribution in [0.4, 0.5) is 5.69 Å². The first-order valence-electron chi connectivity index (χ1n) is 7.03. The average Bonchev–Trinajstić information content (AvgIpc) is 2.75. The highest BCUT2D eigenvalue weighted by atomic mass is 16.1. The summed E-state index contributed by atoms with van der Waals surface area (Å²) < 4.78 is 0. The van der Waals surface area contributed by atoms with Crippen LogP contribution >= 0.6 is 0 Å². The van der Waals surface area contributed by atoms with Gasteiger partial charge in [-0.1, -0.05) is 32.9 Å². The number of carbonyl (C=O) groups is 1. The van der Waals surface area contributed by atoms with E-state index in [1.807, 2.05) is 12.1 Å². The molecule has 0 bridgehead atoms. The molecule has 0 radical (unpaired) electrons. The molecule has 3 N–H and O–H groups in total. The molecule has 1 amide bonds. The summed E-state index contributed by atoms with van der Waals surface area (Å²) in [6.45, 7) is 6.54. The Hall–Kier alpha value is -1.35. The van der Waals surface area contributed by atoms with Gasteiger partial charge in [-0.3, -0.25) is 4.79 Å². The van der Waals surface area contributed by atoms with E-state index in [4.69, 9.17) is 5.73 Å². The highest BCUT2D eigenvalue weighted by molar-refractivity contribution is 5.92. The van der Waals surface area contributed by atoms with Gasteiger partial charge in [0.25, 0.3) is 0 Å². The first-order valence-corrected chi connectivity index (χ1v) is 7.03. The standard InChI is InChI=1S/C16H24N2O/c1-16(2,3)12-5-8-14(9-6-12)18-15(19)11-4-7-13(17)10-11/h5-6,8-9,11,13H,4,7,10,17H2,1-3H3,(H,18,19). The maximum absolute atomic E-state index is 12.1. The molecule has 104 valence electrons. The molecule has 1 aromatic rings. The van der Waals surface area contributed by atoms with Gasteiger partial charge in [0.1, 0.15) is 0 Å². The molecule has 0 aromatic heterocycles. The van der Waals surface area contributed by atoms with Crippen molar-refractivity contribution in [3.05, 3.63) is 29.8 Å². The summed E-state index contributed by atoms with van der Waals surface area (Å²) in [6, 6.07) is 8.31. The number of rotatable bonds is 2. The topological polar surface area (TPSA) is 55.1 Å². The highest BCUT2D eigenvalue weighted by Gasteiger charge is 2.27. The summed E-state index contributed by atoms with van der Waals surface area (Å²) in [6.07, 6.45) is 2.68. The zero-order valence-electron chi connectivity index (χ0n) is 12.1. The first kappa shape index (κ1) is 14.1. The third kappa shape index (κ3) is 3.57. The van der Waals surface area contributed by atoms with Crippen molar-refractivity contribution in [1.82, 2.24) is 0 Å². The molecule has 0 aliphatic heterocycles. The number of nitrogens with two attached hydrogens (primary N) is 1. The summed E-state index contributed by atoms with van der Waals surface area (Å²) in [5.41, 5.74) is 8.13. The van der Waals surface area contributed by atoms with Crippen molar-refractivity contribution in [3.8, 4) is 0 Å². The summed E-state index contributed by atoms with van der Waals surface area (Å²) in [4.78, 5) is 12.1. The van der Waals surface area contributed by atoms with E-state index in [0.29, 0.717) is 0 Å². The molecular formula is C16H24N2O. The normalized spacial score (nSPS) is 23.4. The minimum Gasteiger partial charge on any atom is -0.328 e. The Morgan fingerprint density at radius 1 is 1.21 bits per heavy atom. The third-order valence-electron chi connectivity index (χ3n) is 3.86. The molecule has 1 fully saturated rings. The quantitative estimate of drug-likeness (QED) is 0.858. The molecule has 3 heteroatoms. The maximum Gasteiger partial charge on any atom is 0.227 e. The van der Waals surface area contributed by atoms with Gasteiger partial charge in [-0.05, 0) is 42.4 Å². The Labute approximate surface area is 115 Å². The largest absolute Gasteiger partial charge is 0.328 e. The maximum atomic E-state index is 12.1. The molecule has 2 unspecified atom stereocenters. The summed E-state index contributed by atoms with van der Waals surface area (Å²) in [5, 5.41) is 2.99. The molecule has 0 heterocycles. The summed E-state index contributed by atoms with van der Waals surface area (Å²) in [5.74, 6) is 0.189. The molecule has 1 aliphatic rings. The number of amides is 1. The van der Waals surface area contributed by atoms with Gasteiger partial charge in [-0.25, -0.2) is 0 Å². The Morgan fingerprint density at radius 3 is 2.32 bits per heavy atom. The predicted octanol–water partition coefficient (Wildman–Crippen LogP) is 3.05. The molecule has 2 atom stereocenters. The van der Waals surface area contributed by atoms with Crippen LogP contribution in [0.15, 0.2) is 24.3 Å². The Balaban J connectivity index is 1.98. The van der Waals surface area contributed by atoms with E-state index in [1.165, 1.54) is 5.56 Å². The van der Waals surface area contributed by atoms with E-state index in [-0.39, 0.29) is 23.3 Å². The number of nitrogens with one attached hydrogen (secondary N) is 1. The van der Waals surface area contributed by atoms with Crippen LogP contribution in [-0.4, -0.2) is 11.9 Å². The molecular weight excluding hydrogens is 236 g/mol. The Kier molecular flexibility index (Phi) is 3.95. The first-order chi connectivity index (χ1) is 8.86. The second-order valence-corrected chi connectivity index (χ2v) is 6.59. The van der Waals surface area contributed by atoms with E-state index >= 15 is 0 Å². The lowest BCUT2D eigenvalue weighted by molar-refractivity contribution is -0.119. The van der Waals surface area contributed by atoms with Crippen molar-refractivity contribution in [3.63, 3.8) is 0 Å². The van der Waals surface area contributed by atoms with Crippen molar-refractivity contribution in [2.24, 2.45) is 11.7 Å². The fraction of sp³-hybridized carbons (Fsp3) is 0.562. The van der Waals surface area contributed by atoms with Gasteiger partial charge in [0.15, 0.2) is 0 Å². The van der Waals surface area contributed by atoms with Crippen molar-refractivity contribution in [2.75, 3.05) is 5.32 Å². The smallest absolute Gasteiger partial charge is 0.227 e. The molecule has 0 saturated heterocycles. The van der Waals surface area contributed by atoms with E-state index in [0.717, 1.165) is 24.9 Å². The molecule has 1 saturated carbocycles. The number of carbonyl (C=O) groups excluding carboxylic acids is 1. The molecule has 19 heavy (non-hydrogen) atoms. The van der Waals surface area contributed by atoms with Crippen LogP contribution in [0.2, 0.25) is 0 Å². The predicted molar refractivity (Wildman–Crippen MR) is 79.1 cm³/mol. The molecule has 0 spiro atoms. The number of hydrogen-bond acceptors (Lipinski definition) is 2. The van der Waals surface area contributed by atoms with Crippen molar-refractivity contribution < 1.29 is 4.79 Å². The van der Waals surface area contributed by atoms with Gasteiger partial charge in [0.05, 0.1) is 0 Å². The average molecular weight is 260 g/mol. The van der Waals surface area contributed by atoms with Gasteiger partial charge in [-0.15, -0.1) is 0 Å². The lowest BCUT2D eigenvalue weighted by Crippen LogP contribution is -2.23. The summed E-state index contributed by atoms with van der Waals surface area (Å²) >= 11 is 0. The van der Waals surface area contributed by atoms with Crippen LogP contribution in [0.25, 0.3) is 0 Å². The summed E-state index contributed by atoms with van der Waals surface area (Å²) in [7, 11) is 0. The van der Waals surface area contributed by atoms with Crippen molar-refractivity contribution in [2.45, 2.75) is 51.5 Å². The lowest BCUT2D eigenvalue weighted by Gasteiger charge is -2.19. The van der Waals surface area contributed by atoms with Gasteiger partial charge >= 0.3 is 0 Å². The highest BCUT2D eigenvalue weighted by Crippen LogP contribution is 2.27. The van der Waals surface area contributed by atoms with Gasteiger partial charge < -0.3 is 11.1 Å². The third-order valence-corrected chi connectivity index (χ3v) is 3.86. The second-order valence-electron chi connectivity index (χ2n) is 6.59. The zero-order valence-corrected chi connectivity index (χ0v) is 12.1. The number of hydrogen-bond donors (Lipinski definition) is 2. The van der Waals surface area contributed by atoms with Crippen LogP contribution in [0, 0.1) is 5.92 Å². The Morgan fingerprint density at radius 2 is 1.84 bits per heavy atom. The SMILES string of the molecule is CC(C)(C)c1ccc(NC(=O)C2CCC(N)C2)cc1. The number of anilines is 1. The van der Waals surface area contributed by atoms with E-state index in [9.17, 15) is 4.79 Å². The van der Waals surface area contributed by atoms with Gasteiger partial charge in [0, 0.05) is 17.6 Å². The zero-order chi connectivity index (χ0) is 14.0. The van der Waals surface area contributed by atoms with Crippen LogP contribution in [0.3, 0.4) is 0 Å². The molecule has 2 rings (SSSR count). The van der Waals surface area contributed by atoms with E-state index < -0.39 is 0 Å². The van der Waals surface area contributed by atoms with E-state index in [2.05, 4.69) is 38.2 Å². The van der Waals surface area contributed by atoms with Crippen LogP contribution in [0.1, 0.15) is 45.6 Å². The molecule has 1 aromatic carbocycles. The minimum absolute atomic E-state index is 0.0808. The second kappa shape index (κ2) is 5.33. The fourth-order valence-electron chi connectivity index (χ4n) is 2.55. The van der Waals surface area contributed by atoms with Crippen LogP contribution in [-0.2, 0) is 10.2 Å². The van der Waals surface area contributed by atoms with Crippen LogP contribution in [0.5, 0.6) is 0 Å².